The highest BCUT2D eigenvalue weighted by molar-refractivity contribution is 5.79. The maximum atomic E-state index is 12.9. The van der Waals surface area contributed by atoms with Gasteiger partial charge in [0.1, 0.15) is 0 Å². The first-order chi connectivity index (χ1) is 11.9. The lowest BCUT2D eigenvalue weighted by Gasteiger charge is -2.34. The molecule has 1 saturated carbocycles. The Balaban J connectivity index is 1.25. The number of carbonyl (C=O) groups is 1. The number of nitrogens with one attached hydrogen (secondary N) is 1. The summed E-state index contributed by atoms with van der Waals surface area (Å²) in [5, 5.41) is 7.05. The van der Waals surface area contributed by atoms with Crippen molar-refractivity contribution in [3.8, 4) is 0 Å². The van der Waals surface area contributed by atoms with Crippen molar-refractivity contribution in [2.24, 2.45) is 24.8 Å². The molecule has 0 aromatic carbocycles. The topological polar surface area (TPSA) is 59.4 Å². The second-order valence-corrected chi connectivity index (χ2v) is 7.72. The minimum absolute atomic E-state index is 0.201. The zero-order valence-corrected chi connectivity index (χ0v) is 14.3. The smallest absolute Gasteiger partial charge is 0.249 e. The van der Waals surface area contributed by atoms with Crippen LogP contribution in [0.3, 0.4) is 0 Å². The van der Waals surface area contributed by atoms with Crippen LogP contribution in [0.4, 0.5) is 8.78 Å². The first-order valence-electron chi connectivity index (χ1n) is 8.87. The van der Waals surface area contributed by atoms with Crippen LogP contribution < -0.4 is 5.32 Å². The van der Waals surface area contributed by atoms with Gasteiger partial charge >= 0.3 is 0 Å². The number of ether oxygens (including phenoxy) is 1. The van der Waals surface area contributed by atoms with Crippen LogP contribution in [-0.4, -0.2) is 58.9 Å². The van der Waals surface area contributed by atoms with Crippen molar-refractivity contribution in [1.29, 1.82) is 0 Å². The number of fused-ring (bicyclic) bond motifs is 1. The molecule has 2 saturated heterocycles. The van der Waals surface area contributed by atoms with Crippen molar-refractivity contribution in [2.75, 3.05) is 26.2 Å². The monoisotopic (exact) mass is 354 g/mol. The molecule has 3 heterocycles. The van der Waals surface area contributed by atoms with Gasteiger partial charge in [0.05, 0.1) is 18.9 Å². The van der Waals surface area contributed by atoms with Gasteiger partial charge in [0, 0.05) is 75.6 Å². The largest absolute Gasteiger partial charge is 0.376 e. The van der Waals surface area contributed by atoms with E-state index in [1.165, 1.54) is 5.56 Å². The fraction of sp³-hybridized carbons (Fsp3) is 0.765. The quantitative estimate of drug-likeness (QED) is 0.858. The number of hydrogen-bond donors (Lipinski definition) is 1. The van der Waals surface area contributed by atoms with Gasteiger partial charge in [-0.2, -0.15) is 5.10 Å². The van der Waals surface area contributed by atoms with Crippen molar-refractivity contribution in [3.63, 3.8) is 0 Å². The van der Waals surface area contributed by atoms with Crippen LogP contribution in [0.5, 0.6) is 0 Å². The first kappa shape index (κ1) is 16.9. The van der Waals surface area contributed by atoms with Crippen LogP contribution in [0.15, 0.2) is 12.4 Å². The van der Waals surface area contributed by atoms with Gasteiger partial charge in [-0.05, 0) is 0 Å². The van der Waals surface area contributed by atoms with E-state index in [0.717, 1.165) is 19.6 Å². The molecule has 0 radical (unpaired) electrons. The Bertz CT molecular complexity index is 642. The highest BCUT2D eigenvalue weighted by Crippen LogP contribution is 2.42. The van der Waals surface area contributed by atoms with Crippen molar-refractivity contribution >= 4 is 5.91 Å². The van der Waals surface area contributed by atoms with Gasteiger partial charge in [-0.25, -0.2) is 8.78 Å². The third-order valence-corrected chi connectivity index (χ3v) is 5.68. The molecule has 138 valence electrons. The highest BCUT2D eigenvalue weighted by atomic mass is 19.3. The molecule has 1 aromatic heterocycles. The number of rotatable bonds is 5. The molecule has 0 bridgehead atoms. The van der Waals surface area contributed by atoms with E-state index in [9.17, 15) is 13.6 Å². The van der Waals surface area contributed by atoms with E-state index in [1.807, 2.05) is 19.4 Å². The lowest BCUT2D eigenvalue weighted by atomic mass is 9.80. The summed E-state index contributed by atoms with van der Waals surface area (Å²) in [5.74, 6) is -2.77. The third kappa shape index (κ3) is 3.55. The molecule has 6 nitrogen and oxygen atoms in total. The second-order valence-electron chi connectivity index (χ2n) is 7.72. The highest BCUT2D eigenvalue weighted by Gasteiger charge is 2.49. The average molecular weight is 354 g/mol. The summed E-state index contributed by atoms with van der Waals surface area (Å²) in [6.07, 6.45) is 3.46. The maximum absolute atomic E-state index is 12.9. The number of amides is 1. The summed E-state index contributed by atoms with van der Waals surface area (Å²) in [6, 6.07) is 0. The molecule has 1 aromatic rings. The van der Waals surface area contributed by atoms with E-state index in [1.54, 1.807) is 4.68 Å². The van der Waals surface area contributed by atoms with Crippen LogP contribution in [0.25, 0.3) is 0 Å². The Hall–Kier alpha value is -1.54. The van der Waals surface area contributed by atoms with Crippen molar-refractivity contribution in [1.82, 2.24) is 20.0 Å². The Morgan fingerprint density at radius 2 is 2.24 bits per heavy atom. The van der Waals surface area contributed by atoms with Crippen LogP contribution in [0.2, 0.25) is 0 Å². The summed E-state index contributed by atoms with van der Waals surface area (Å²) >= 11 is 0. The molecule has 2 aliphatic heterocycles. The Labute approximate surface area is 145 Å². The molecule has 8 heteroatoms. The summed E-state index contributed by atoms with van der Waals surface area (Å²) in [5.41, 5.74) is 1.18. The van der Waals surface area contributed by atoms with Crippen molar-refractivity contribution in [3.05, 3.63) is 18.0 Å². The van der Waals surface area contributed by atoms with Crippen LogP contribution in [0, 0.1) is 17.8 Å². The number of likely N-dealkylation sites (tertiary alicyclic amines) is 1. The van der Waals surface area contributed by atoms with Gasteiger partial charge in [-0.1, -0.05) is 0 Å². The second kappa shape index (κ2) is 6.32. The molecule has 1 aliphatic carbocycles. The number of aromatic nitrogens is 2. The summed E-state index contributed by atoms with van der Waals surface area (Å²) in [7, 11) is 1.90. The van der Waals surface area contributed by atoms with Crippen LogP contribution >= 0.6 is 0 Å². The molecular formula is C17H24F2N4O2. The molecule has 1 amide bonds. The summed E-state index contributed by atoms with van der Waals surface area (Å²) in [4.78, 5) is 14.3. The Morgan fingerprint density at radius 1 is 1.44 bits per heavy atom. The molecule has 1 N–H and O–H groups in total. The number of halogens is 2. The van der Waals surface area contributed by atoms with Gasteiger partial charge in [-0.3, -0.25) is 14.4 Å². The van der Waals surface area contributed by atoms with E-state index in [0.29, 0.717) is 19.1 Å². The summed E-state index contributed by atoms with van der Waals surface area (Å²) in [6.45, 7) is 3.82. The van der Waals surface area contributed by atoms with Gasteiger partial charge in [0.2, 0.25) is 11.8 Å². The SMILES string of the molecule is Cn1cc(CN2C[C@H]3[C@H](CNC(=O)C4CC(F)(F)C4)CO[C@H]3C2)cn1. The third-order valence-electron chi connectivity index (χ3n) is 5.68. The number of carbonyl (C=O) groups excluding carboxylic acids is 1. The first-order valence-corrected chi connectivity index (χ1v) is 8.87. The van der Waals surface area contributed by atoms with E-state index in [-0.39, 0.29) is 30.8 Å². The van der Waals surface area contributed by atoms with Gasteiger partial charge < -0.3 is 10.1 Å². The van der Waals surface area contributed by atoms with Gasteiger partial charge in [-0.15, -0.1) is 0 Å². The van der Waals surface area contributed by atoms with E-state index < -0.39 is 11.8 Å². The number of alkyl halides is 2. The fourth-order valence-electron chi connectivity index (χ4n) is 4.25. The minimum Gasteiger partial charge on any atom is -0.376 e. The molecule has 3 aliphatic rings. The predicted octanol–water partition coefficient (Wildman–Crippen LogP) is 1.03. The number of aryl methyl sites for hydroxylation is 1. The number of nitrogens with zero attached hydrogens (tertiary/aromatic N) is 3. The zero-order valence-electron chi connectivity index (χ0n) is 14.3. The molecule has 4 rings (SSSR count). The molecule has 3 fully saturated rings. The van der Waals surface area contributed by atoms with Gasteiger partial charge in [0.25, 0.3) is 0 Å². The van der Waals surface area contributed by atoms with Gasteiger partial charge in [0.15, 0.2) is 0 Å². The molecule has 25 heavy (non-hydrogen) atoms. The zero-order chi connectivity index (χ0) is 17.6. The van der Waals surface area contributed by atoms with E-state index in [4.69, 9.17) is 4.74 Å². The predicted molar refractivity (Wildman–Crippen MR) is 85.9 cm³/mol. The average Bonchev–Trinajstić information content (AvgIpc) is 3.19. The van der Waals surface area contributed by atoms with Crippen LogP contribution in [0.1, 0.15) is 18.4 Å². The standard InChI is InChI=1S/C17H24F2N4O2/c1-22-6-11(4-21-22)7-23-8-14-13(10-25-15(14)9-23)5-20-16(24)12-2-17(18,19)3-12/h4,6,12-15H,2-3,5,7-10H2,1H3,(H,20,24)/t13-,14+,15+/m1/s1. The Kier molecular flexibility index (Phi) is 4.27. The van der Waals surface area contributed by atoms with Crippen molar-refractivity contribution in [2.45, 2.75) is 31.4 Å². The minimum atomic E-state index is -2.65. The molecular weight excluding hydrogens is 330 g/mol. The normalized spacial score (nSPS) is 31.7. The molecule has 0 unspecified atom stereocenters. The maximum Gasteiger partial charge on any atom is 0.249 e. The lowest BCUT2D eigenvalue weighted by molar-refractivity contribution is -0.150. The molecule has 3 atom stereocenters. The van der Waals surface area contributed by atoms with E-state index >= 15 is 0 Å². The fourth-order valence-corrected chi connectivity index (χ4v) is 4.25. The Morgan fingerprint density at radius 3 is 2.92 bits per heavy atom. The summed E-state index contributed by atoms with van der Waals surface area (Å²) < 4.78 is 33.4. The lowest BCUT2D eigenvalue weighted by Crippen LogP contribution is -2.46. The van der Waals surface area contributed by atoms with Crippen LogP contribution in [-0.2, 0) is 23.1 Å². The number of hydrogen-bond acceptors (Lipinski definition) is 4. The van der Waals surface area contributed by atoms with Crippen molar-refractivity contribution < 1.29 is 18.3 Å². The van der Waals surface area contributed by atoms with E-state index in [2.05, 4.69) is 15.3 Å². The molecule has 0 spiro atoms.